The number of aryl methyl sites for hydroxylation is 1. The molecule has 4 aromatic rings. The number of imide groups is 2. The summed E-state index contributed by atoms with van der Waals surface area (Å²) >= 11 is 6.52. The Bertz CT molecular complexity index is 2560. The molecule has 3 fully saturated rings. The quantitative estimate of drug-likeness (QED) is 0.0652. The predicted octanol–water partition coefficient (Wildman–Crippen LogP) is 7.76. The van der Waals surface area contributed by atoms with Crippen molar-refractivity contribution in [2.75, 3.05) is 44.2 Å². The Morgan fingerprint density at radius 3 is 2.45 bits per heavy atom. The first-order valence-corrected chi connectivity index (χ1v) is 24.3. The van der Waals surface area contributed by atoms with E-state index >= 15 is 0 Å². The largest absolute Gasteiger partial charge is 0.495 e. The molecule has 3 aliphatic heterocycles. The van der Waals surface area contributed by atoms with E-state index in [2.05, 4.69) is 61.7 Å². The summed E-state index contributed by atoms with van der Waals surface area (Å²) in [6.07, 6.45) is 8.96. The first kappa shape index (κ1) is 43.1. The number of hydrogen-bond acceptors (Lipinski definition) is 11. The van der Waals surface area contributed by atoms with E-state index in [1.54, 1.807) is 38.6 Å². The molecule has 8 rings (SSSR count). The lowest BCUT2D eigenvalue weighted by Crippen LogP contribution is -2.54. The van der Waals surface area contributed by atoms with Crippen LogP contribution in [0.25, 0.3) is 0 Å². The third-order valence-electron chi connectivity index (χ3n) is 12.6. The maximum atomic E-state index is 13.6. The number of carbonyl (C=O) groups is 4. The molecule has 15 heteroatoms. The topological polar surface area (TPSA) is 163 Å². The minimum atomic E-state index is -2.57. The maximum absolute atomic E-state index is 13.6. The summed E-state index contributed by atoms with van der Waals surface area (Å²) in [6, 6.07) is 16.1. The van der Waals surface area contributed by atoms with Crippen molar-refractivity contribution in [2.24, 2.45) is 5.92 Å². The highest BCUT2D eigenvalue weighted by Crippen LogP contribution is 2.41. The number of hydrogen-bond donors (Lipinski definition) is 3. The second-order valence-corrected chi connectivity index (χ2v) is 20.6. The van der Waals surface area contributed by atoms with Crippen molar-refractivity contribution < 1.29 is 28.5 Å². The number of aromatic nitrogens is 2. The number of methoxy groups -OCH3 is 1. The molecule has 13 nitrogen and oxygen atoms in total. The van der Waals surface area contributed by atoms with E-state index in [4.69, 9.17) is 16.3 Å². The van der Waals surface area contributed by atoms with Crippen molar-refractivity contribution in [3.8, 4) is 17.6 Å². The van der Waals surface area contributed by atoms with E-state index < -0.39 is 36.8 Å². The maximum Gasteiger partial charge on any atom is 0.263 e. The lowest BCUT2D eigenvalue weighted by Gasteiger charge is -2.38. The van der Waals surface area contributed by atoms with Gasteiger partial charge in [-0.2, -0.15) is 4.98 Å². The summed E-state index contributed by atoms with van der Waals surface area (Å²) in [5.41, 5.74) is 4.80. The van der Waals surface area contributed by atoms with Crippen molar-refractivity contribution >= 4 is 70.8 Å². The van der Waals surface area contributed by atoms with Gasteiger partial charge in [0.2, 0.25) is 17.8 Å². The highest BCUT2D eigenvalue weighted by molar-refractivity contribution is 7.70. The van der Waals surface area contributed by atoms with E-state index in [0.29, 0.717) is 51.1 Å². The molecule has 4 amide bonds. The van der Waals surface area contributed by atoms with Gasteiger partial charge in [-0.25, -0.2) is 4.98 Å². The van der Waals surface area contributed by atoms with Crippen molar-refractivity contribution in [1.82, 2.24) is 25.1 Å². The van der Waals surface area contributed by atoms with Crippen LogP contribution in [0.5, 0.6) is 5.75 Å². The van der Waals surface area contributed by atoms with Gasteiger partial charge >= 0.3 is 0 Å². The molecule has 1 aromatic heterocycles. The van der Waals surface area contributed by atoms with Gasteiger partial charge in [0.05, 0.1) is 35.8 Å². The third kappa shape index (κ3) is 9.01. The molecule has 62 heavy (non-hydrogen) atoms. The SMILES string of the molecule is COc1cc(C2CCN(C3CCCCC(C#Cc4cccc5c4C(=O)N(C4CCC(=O)NC4=O)C5=O)C3)CC2)c(C)cc1Nc1ncc(Cl)c(Nc2ccccc2P(C)(C)=O)n1. The fourth-order valence-corrected chi connectivity index (χ4v) is 10.7. The molecule has 3 aromatic carbocycles. The van der Waals surface area contributed by atoms with E-state index in [-0.39, 0.29) is 29.9 Å². The van der Waals surface area contributed by atoms with Crippen LogP contribution in [0.2, 0.25) is 5.02 Å². The van der Waals surface area contributed by atoms with E-state index in [1.165, 1.54) is 11.8 Å². The number of amides is 4. The molecule has 322 valence electrons. The summed E-state index contributed by atoms with van der Waals surface area (Å²) < 4.78 is 18.9. The van der Waals surface area contributed by atoms with Crippen LogP contribution in [-0.4, -0.2) is 89.0 Å². The average molecular weight is 876 g/mol. The predicted molar refractivity (Wildman–Crippen MR) is 241 cm³/mol. The number of nitrogens with one attached hydrogen (secondary N) is 3. The minimum Gasteiger partial charge on any atom is -0.495 e. The Morgan fingerprint density at radius 1 is 0.919 bits per heavy atom. The van der Waals surface area contributed by atoms with Gasteiger partial charge in [-0.15, -0.1) is 0 Å². The monoisotopic (exact) mass is 875 g/mol. The van der Waals surface area contributed by atoms with E-state index in [1.807, 2.05) is 24.3 Å². The number of piperidine rings is 2. The molecule has 2 saturated heterocycles. The third-order valence-corrected chi connectivity index (χ3v) is 14.4. The van der Waals surface area contributed by atoms with Gasteiger partial charge in [0.15, 0.2) is 5.82 Å². The smallest absolute Gasteiger partial charge is 0.263 e. The minimum absolute atomic E-state index is 0.0707. The summed E-state index contributed by atoms with van der Waals surface area (Å²) in [4.78, 5) is 64.0. The van der Waals surface area contributed by atoms with Crippen LogP contribution in [0.3, 0.4) is 0 Å². The summed E-state index contributed by atoms with van der Waals surface area (Å²) in [6.45, 7) is 7.53. The molecule has 1 saturated carbocycles. The summed E-state index contributed by atoms with van der Waals surface area (Å²) in [7, 11) is -0.909. The molecular formula is C47H51ClN7O6P. The standard InChI is InChI=1S/C47H51ClN7O6P/c1-28-24-37(51-47-49-27-35(48)43(53-47)50-36-14-7-8-15-40(36)62(3,4)60)39(61-2)26-34(28)30-20-22-54(23-21-30)32-12-6-5-10-29(25-32)16-17-31-11-9-13-33-42(31)46(59)55(45(33)58)38-18-19-41(56)52-44(38)57/h7-9,11,13-15,24,26-27,29-30,32,38H,5-6,10,12,18-23,25H2,1-4H3,(H,52,56,57)(H2,49,50,51,53). The van der Waals surface area contributed by atoms with Gasteiger partial charge in [0.25, 0.3) is 11.8 Å². The van der Waals surface area contributed by atoms with Crippen LogP contribution < -0.4 is 26.0 Å². The molecule has 0 spiro atoms. The molecular weight excluding hydrogens is 825 g/mol. The number of rotatable bonds is 9. The molecule has 4 heterocycles. The number of benzene rings is 3. The van der Waals surface area contributed by atoms with Crippen LogP contribution in [0, 0.1) is 24.7 Å². The molecule has 3 atom stereocenters. The van der Waals surface area contributed by atoms with Crippen molar-refractivity contribution in [1.29, 1.82) is 0 Å². The van der Waals surface area contributed by atoms with Gasteiger partial charge in [0, 0.05) is 29.2 Å². The number of carbonyl (C=O) groups excluding carboxylic acids is 4. The van der Waals surface area contributed by atoms with Crippen LogP contribution in [0.4, 0.5) is 23.1 Å². The molecule has 4 aliphatic rings. The number of para-hydroxylation sites is 1. The van der Waals surface area contributed by atoms with Crippen molar-refractivity contribution in [2.45, 2.75) is 82.7 Å². The molecule has 3 N–H and O–H groups in total. The number of anilines is 4. The fraction of sp³-hybridized carbons (Fsp3) is 0.404. The Kier molecular flexibility index (Phi) is 12.6. The van der Waals surface area contributed by atoms with Crippen LogP contribution >= 0.6 is 18.7 Å². The Hall–Kier alpha value is -5.54. The van der Waals surface area contributed by atoms with Crippen LogP contribution in [-0.2, 0) is 14.2 Å². The lowest BCUT2D eigenvalue weighted by molar-refractivity contribution is -0.136. The zero-order chi connectivity index (χ0) is 43.7. The highest BCUT2D eigenvalue weighted by atomic mass is 35.5. The number of likely N-dealkylation sites (tertiary alicyclic amines) is 1. The Balaban J connectivity index is 0.915. The highest BCUT2D eigenvalue weighted by Gasteiger charge is 2.45. The average Bonchev–Trinajstić information content (AvgIpc) is 3.36. The van der Waals surface area contributed by atoms with Gasteiger partial charge in [0.1, 0.15) is 24.0 Å². The number of ether oxygens (including phenoxy) is 1. The number of fused-ring (bicyclic) bond motifs is 1. The zero-order valence-corrected chi connectivity index (χ0v) is 37.1. The summed E-state index contributed by atoms with van der Waals surface area (Å²) in [5.74, 6) is 6.60. The zero-order valence-electron chi connectivity index (χ0n) is 35.4. The van der Waals surface area contributed by atoms with Crippen molar-refractivity contribution in [3.63, 3.8) is 0 Å². The first-order valence-electron chi connectivity index (χ1n) is 21.3. The first-order chi connectivity index (χ1) is 29.8. The van der Waals surface area contributed by atoms with Gasteiger partial charge < -0.3 is 24.8 Å². The second-order valence-electron chi connectivity index (χ2n) is 17.0. The van der Waals surface area contributed by atoms with E-state index in [9.17, 15) is 23.7 Å². The second kappa shape index (κ2) is 18.1. The van der Waals surface area contributed by atoms with E-state index in [0.717, 1.165) is 74.2 Å². The van der Waals surface area contributed by atoms with Crippen LogP contribution in [0.15, 0.2) is 60.8 Å². The summed E-state index contributed by atoms with van der Waals surface area (Å²) in [5, 5.41) is 9.88. The number of halogens is 1. The molecule has 0 bridgehead atoms. The normalized spacial score (nSPS) is 21.1. The Labute approximate surface area is 367 Å². The fourth-order valence-electron chi connectivity index (χ4n) is 9.39. The molecule has 1 aliphatic carbocycles. The van der Waals surface area contributed by atoms with Crippen LogP contribution in [0.1, 0.15) is 101 Å². The van der Waals surface area contributed by atoms with Gasteiger partial charge in [-0.1, -0.05) is 54.5 Å². The molecule has 3 unspecified atom stereocenters. The number of nitrogens with zero attached hydrogens (tertiary/aromatic N) is 4. The lowest BCUT2D eigenvalue weighted by atomic mass is 9.85. The van der Waals surface area contributed by atoms with Gasteiger partial charge in [-0.05, 0) is 125 Å². The van der Waals surface area contributed by atoms with Crippen molar-refractivity contribution in [3.05, 3.63) is 93.6 Å². The van der Waals surface area contributed by atoms with Gasteiger partial charge in [-0.3, -0.25) is 29.4 Å². The Morgan fingerprint density at radius 2 is 1.69 bits per heavy atom. The molecule has 0 radical (unpaired) electrons.